The van der Waals surface area contributed by atoms with E-state index in [0.29, 0.717) is 35.2 Å². The van der Waals surface area contributed by atoms with Crippen LogP contribution in [0.4, 0.5) is 0 Å². The van der Waals surface area contributed by atoms with Crippen molar-refractivity contribution in [3.05, 3.63) is 34.9 Å². The van der Waals surface area contributed by atoms with E-state index in [1.807, 2.05) is 6.07 Å². The standard InChI is InChI=1S/C22H26N4O4/c23-17-10-22(17)7-5-13(6-8-22)24-11-12-1-2-14-15(9-12)21(30)26(20(14)29)16-3-4-18(27)25-19(16)28/h1-2,9,13,16-17,24H,3-8,10-11,23H2,(H,25,27,28). The minimum absolute atomic E-state index is 0.118. The molecule has 0 aromatic heterocycles. The number of nitrogens with zero attached hydrogens (tertiary/aromatic N) is 1. The highest BCUT2D eigenvalue weighted by Crippen LogP contribution is 2.55. The van der Waals surface area contributed by atoms with Crippen LogP contribution in [0.1, 0.15) is 71.2 Å². The SMILES string of the molecule is NC1CC12CCC(NCc1ccc3c(c1)C(=O)N(C1CCC(=O)NC1=O)C3=O)CC2. The number of nitrogens with two attached hydrogens (primary N) is 1. The summed E-state index contributed by atoms with van der Waals surface area (Å²) >= 11 is 0. The van der Waals surface area contributed by atoms with Crippen LogP contribution >= 0.6 is 0 Å². The Morgan fingerprint density at radius 3 is 2.43 bits per heavy atom. The van der Waals surface area contributed by atoms with Crippen LogP contribution in [0.2, 0.25) is 0 Å². The van der Waals surface area contributed by atoms with Crippen molar-refractivity contribution in [2.45, 2.75) is 69.6 Å². The van der Waals surface area contributed by atoms with Gasteiger partial charge in [-0.05, 0) is 61.6 Å². The van der Waals surface area contributed by atoms with Crippen LogP contribution in [-0.4, -0.2) is 46.7 Å². The minimum Gasteiger partial charge on any atom is -0.327 e. The molecule has 2 atom stereocenters. The number of carbonyl (C=O) groups is 4. The molecule has 3 fully saturated rings. The van der Waals surface area contributed by atoms with E-state index >= 15 is 0 Å². The number of carbonyl (C=O) groups excluding carboxylic acids is 4. The Kier molecular flexibility index (Phi) is 4.52. The maximum Gasteiger partial charge on any atom is 0.262 e. The van der Waals surface area contributed by atoms with E-state index in [9.17, 15) is 19.2 Å². The summed E-state index contributed by atoms with van der Waals surface area (Å²) < 4.78 is 0. The average Bonchev–Trinajstić information content (AvgIpc) is 3.28. The van der Waals surface area contributed by atoms with Gasteiger partial charge < -0.3 is 11.1 Å². The topological polar surface area (TPSA) is 122 Å². The molecule has 0 radical (unpaired) electrons. The molecule has 8 nitrogen and oxygen atoms in total. The number of fused-ring (bicyclic) bond motifs is 1. The number of amides is 4. The van der Waals surface area contributed by atoms with Gasteiger partial charge in [-0.3, -0.25) is 29.4 Å². The van der Waals surface area contributed by atoms with E-state index in [1.165, 1.54) is 12.8 Å². The molecule has 4 amide bonds. The van der Waals surface area contributed by atoms with Crippen molar-refractivity contribution in [3.63, 3.8) is 0 Å². The molecule has 0 bridgehead atoms. The third kappa shape index (κ3) is 3.15. The van der Waals surface area contributed by atoms with Crippen molar-refractivity contribution in [1.29, 1.82) is 0 Å². The molecule has 2 unspecified atom stereocenters. The smallest absolute Gasteiger partial charge is 0.262 e. The van der Waals surface area contributed by atoms with Crippen molar-refractivity contribution in [1.82, 2.24) is 15.5 Å². The van der Waals surface area contributed by atoms with Crippen molar-refractivity contribution < 1.29 is 19.2 Å². The second kappa shape index (κ2) is 6.99. The number of nitrogens with one attached hydrogen (secondary N) is 2. The van der Waals surface area contributed by atoms with E-state index in [4.69, 9.17) is 5.73 Å². The lowest BCUT2D eigenvalue weighted by atomic mass is 9.83. The minimum atomic E-state index is -0.931. The fourth-order valence-corrected chi connectivity index (χ4v) is 5.24. The molecule has 1 spiro atoms. The summed E-state index contributed by atoms with van der Waals surface area (Å²) in [5.41, 5.74) is 8.05. The molecule has 5 rings (SSSR count). The van der Waals surface area contributed by atoms with E-state index in [-0.39, 0.29) is 18.7 Å². The van der Waals surface area contributed by atoms with Crippen molar-refractivity contribution in [2.24, 2.45) is 11.1 Å². The maximum absolute atomic E-state index is 12.9. The summed E-state index contributed by atoms with van der Waals surface area (Å²) in [5, 5.41) is 5.78. The summed E-state index contributed by atoms with van der Waals surface area (Å²) in [7, 11) is 0. The number of hydrogen-bond acceptors (Lipinski definition) is 6. The molecule has 2 aliphatic heterocycles. The summed E-state index contributed by atoms with van der Waals surface area (Å²) in [6, 6.07) is 5.15. The van der Waals surface area contributed by atoms with Gasteiger partial charge >= 0.3 is 0 Å². The molecule has 1 aromatic carbocycles. The summed E-state index contributed by atoms with van der Waals surface area (Å²) in [6.45, 7) is 0.622. The molecular weight excluding hydrogens is 384 g/mol. The average molecular weight is 410 g/mol. The van der Waals surface area contributed by atoms with Gasteiger partial charge in [-0.1, -0.05) is 6.07 Å². The van der Waals surface area contributed by atoms with Crippen LogP contribution in [0.25, 0.3) is 0 Å². The first-order valence-electron chi connectivity index (χ1n) is 10.7. The zero-order valence-electron chi connectivity index (χ0n) is 16.8. The molecule has 158 valence electrons. The summed E-state index contributed by atoms with van der Waals surface area (Å²) in [6.07, 6.45) is 6.00. The highest BCUT2D eigenvalue weighted by Gasteiger charge is 2.52. The molecule has 2 aliphatic carbocycles. The van der Waals surface area contributed by atoms with Crippen molar-refractivity contribution in [2.75, 3.05) is 0 Å². The number of benzene rings is 1. The molecule has 1 saturated heterocycles. The molecule has 2 saturated carbocycles. The van der Waals surface area contributed by atoms with Gasteiger partial charge in [-0.15, -0.1) is 0 Å². The van der Waals surface area contributed by atoms with E-state index in [0.717, 1.165) is 29.7 Å². The normalized spacial score (nSPS) is 33.1. The van der Waals surface area contributed by atoms with Crippen LogP contribution in [0, 0.1) is 5.41 Å². The van der Waals surface area contributed by atoms with Gasteiger partial charge in [-0.2, -0.15) is 0 Å². The Morgan fingerprint density at radius 1 is 1.07 bits per heavy atom. The Hall–Kier alpha value is -2.58. The van der Waals surface area contributed by atoms with Gasteiger partial charge in [0.2, 0.25) is 11.8 Å². The molecule has 1 aromatic rings. The van der Waals surface area contributed by atoms with Crippen LogP contribution < -0.4 is 16.4 Å². The number of imide groups is 2. The Bertz CT molecular complexity index is 950. The second-order valence-corrected chi connectivity index (χ2v) is 9.16. The summed E-state index contributed by atoms with van der Waals surface area (Å²) in [5.74, 6) is -1.90. The van der Waals surface area contributed by atoms with Crippen LogP contribution in [0.5, 0.6) is 0 Å². The molecule has 30 heavy (non-hydrogen) atoms. The zero-order valence-corrected chi connectivity index (χ0v) is 16.8. The molecule has 8 heteroatoms. The van der Waals surface area contributed by atoms with Gasteiger partial charge in [0.15, 0.2) is 0 Å². The molecule has 4 aliphatic rings. The highest BCUT2D eigenvalue weighted by molar-refractivity contribution is 6.23. The van der Waals surface area contributed by atoms with Crippen LogP contribution in [0.3, 0.4) is 0 Å². The Labute approximate surface area is 174 Å². The Morgan fingerprint density at radius 2 is 1.77 bits per heavy atom. The number of rotatable bonds is 4. The quantitative estimate of drug-likeness (QED) is 0.633. The lowest BCUT2D eigenvalue weighted by Crippen LogP contribution is -2.54. The largest absolute Gasteiger partial charge is 0.327 e. The van der Waals surface area contributed by atoms with Crippen LogP contribution in [0.15, 0.2) is 18.2 Å². The second-order valence-electron chi connectivity index (χ2n) is 9.16. The van der Waals surface area contributed by atoms with Crippen LogP contribution in [-0.2, 0) is 16.1 Å². The molecular formula is C22H26N4O4. The maximum atomic E-state index is 12.9. The number of piperidine rings is 1. The highest BCUT2D eigenvalue weighted by atomic mass is 16.2. The third-order valence-electron chi connectivity index (χ3n) is 7.33. The van der Waals surface area contributed by atoms with Gasteiger partial charge in [0, 0.05) is 25.0 Å². The monoisotopic (exact) mass is 410 g/mol. The fourth-order valence-electron chi connectivity index (χ4n) is 5.24. The summed E-state index contributed by atoms with van der Waals surface area (Å²) in [4.78, 5) is 50.2. The lowest BCUT2D eigenvalue weighted by Gasteiger charge is -2.29. The third-order valence-corrected chi connectivity index (χ3v) is 7.33. The predicted octanol–water partition coefficient (Wildman–Crippen LogP) is 0.837. The van der Waals surface area contributed by atoms with Crippen molar-refractivity contribution >= 4 is 23.6 Å². The first kappa shape index (κ1) is 19.4. The molecule has 2 heterocycles. The first-order valence-corrected chi connectivity index (χ1v) is 10.7. The van der Waals surface area contributed by atoms with Crippen molar-refractivity contribution in [3.8, 4) is 0 Å². The molecule has 4 N–H and O–H groups in total. The van der Waals surface area contributed by atoms with E-state index < -0.39 is 23.8 Å². The van der Waals surface area contributed by atoms with E-state index in [1.54, 1.807) is 12.1 Å². The zero-order chi connectivity index (χ0) is 21.0. The first-order chi connectivity index (χ1) is 14.4. The van der Waals surface area contributed by atoms with Gasteiger partial charge in [0.25, 0.3) is 11.8 Å². The van der Waals surface area contributed by atoms with E-state index in [2.05, 4.69) is 10.6 Å². The van der Waals surface area contributed by atoms with Gasteiger partial charge in [0.05, 0.1) is 11.1 Å². The van der Waals surface area contributed by atoms with Gasteiger partial charge in [0.1, 0.15) is 6.04 Å². The Balaban J connectivity index is 1.25. The number of hydrogen-bond donors (Lipinski definition) is 3. The lowest BCUT2D eigenvalue weighted by molar-refractivity contribution is -0.136. The predicted molar refractivity (Wildman–Crippen MR) is 107 cm³/mol. The fraction of sp³-hybridized carbons (Fsp3) is 0.545. The van der Waals surface area contributed by atoms with Gasteiger partial charge in [-0.25, -0.2) is 0 Å².